The van der Waals surface area contributed by atoms with Crippen LogP contribution < -0.4 is 10.1 Å². The van der Waals surface area contributed by atoms with Gasteiger partial charge in [0.05, 0.1) is 13.7 Å². The average Bonchev–Trinajstić information content (AvgIpc) is 3.20. The van der Waals surface area contributed by atoms with E-state index in [2.05, 4.69) is 10.3 Å². The maximum absolute atomic E-state index is 12.5. The van der Waals surface area contributed by atoms with Crippen molar-refractivity contribution < 1.29 is 23.5 Å². The molecule has 0 aliphatic carbocycles. The molecule has 0 atom stereocenters. The summed E-state index contributed by atoms with van der Waals surface area (Å²) in [5.74, 6) is -0.0813. The van der Waals surface area contributed by atoms with Crippen LogP contribution in [0.1, 0.15) is 33.5 Å². The molecule has 3 rings (SSSR count). The first kappa shape index (κ1) is 17.0. The van der Waals surface area contributed by atoms with E-state index < -0.39 is 11.9 Å². The number of anilines is 1. The second kappa shape index (κ2) is 6.94. The first-order valence-corrected chi connectivity index (χ1v) is 8.42. The number of hydrogen-bond donors (Lipinski definition) is 1. The molecule has 8 heteroatoms. The third-order valence-corrected chi connectivity index (χ3v) is 4.32. The minimum atomic E-state index is -0.522. The molecular formula is C17H16N2O5S. The second-order valence-electron chi connectivity index (χ2n) is 5.13. The molecule has 2 heterocycles. The zero-order valence-corrected chi connectivity index (χ0v) is 14.7. The molecule has 2 aromatic heterocycles. The molecular weight excluding hydrogens is 344 g/mol. The number of nitrogens with zero attached hydrogens (tertiary/aromatic N) is 1. The Balaban J connectivity index is 1.83. The molecule has 0 spiro atoms. The number of carbonyl (C=O) groups is 2. The first-order valence-electron chi connectivity index (χ1n) is 7.54. The van der Waals surface area contributed by atoms with E-state index in [0.717, 1.165) is 16.7 Å². The minimum absolute atomic E-state index is 0.160. The van der Waals surface area contributed by atoms with E-state index in [0.29, 0.717) is 22.0 Å². The normalized spacial score (nSPS) is 10.7. The number of benzene rings is 1. The number of furan rings is 1. The lowest BCUT2D eigenvalue weighted by Gasteiger charge is -2.00. The Hall–Kier alpha value is -2.87. The van der Waals surface area contributed by atoms with Gasteiger partial charge in [0.1, 0.15) is 11.3 Å². The molecule has 0 unspecified atom stereocenters. The Bertz CT molecular complexity index is 944. The van der Waals surface area contributed by atoms with Crippen LogP contribution in [0.4, 0.5) is 5.13 Å². The van der Waals surface area contributed by atoms with E-state index in [4.69, 9.17) is 13.9 Å². The molecule has 3 aromatic rings. The molecule has 0 aliphatic heterocycles. The van der Waals surface area contributed by atoms with Crippen LogP contribution in [0.25, 0.3) is 11.0 Å². The number of thiazole rings is 1. The predicted molar refractivity (Wildman–Crippen MR) is 93.5 cm³/mol. The van der Waals surface area contributed by atoms with E-state index in [-0.39, 0.29) is 18.1 Å². The van der Waals surface area contributed by atoms with Gasteiger partial charge in [-0.05, 0) is 32.0 Å². The third-order valence-electron chi connectivity index (χ3n) is 3.56. The van der Waals surface area contributed by atoms with Crippen molar-refractivity contribution in [3.63, 3.8) is 0 Å². The molecule has 1 aromatic carbocycles. The molecule has 0 aliphatic rings. The van der Waals surface area contributed by atoms with E-state index in [1.807, 2.05) is 6.07 Å². The average molecular weight is 360 g/mol. The van der Waals surface area contributed by atoms with E-state index >= 15 is 0 Å². The van der Waals surface area contributed by atoms with Crippen LogP contribution in [0.3, 0.4) is 0 Å². The highest BCUT2D eigenvalue weighted by Crippen LogP contribution is 2.29. The number of hydrogen-bond acceptors (Lipinski definition) is 7. The molecule has 1 amide bonds. The maximum atomic E-state index is 12.5. The van der Waals surface area contributed by atoms with E-state index in [1.54, 1.807) is 33.1 Å². The van der Waals surface area contributed by atoms with Gasteiger partial charge in [0.2, 0.25) is 0 Å². The molecule has 0 saturated carbocycles. The van der Waals surface area contributed by atoms with Crippen molar-refractivity contribution in [2.24, 2.45) is 0 Å². The predicted octanol–water partition coefficient (Wildman–Crippen LogP) is 3.64. The van der Waals surface area contributed by atoms with E-state index in [9.17, 15) is 9.59 Å². The van der Waals surface area contributed by atoms with Crippen molar-refractivity contribution in [3.05, 3.63) is 40.6 Å². The number of nitrogens with one attached hydrogen (secondary N) is 1. The van der Waals surface area contributed by atoms with Gasteiger partial charge >= 0.3 is 5.97 Å². The summed E-state index contributed by atoms with van der Waals surface area (Å²) in [6.07, 6.45) is 0. The molecule has 0 fully saturated rings. The van der Waals surface area contributed by atoms with Crippen LogP contribution in [-0.4, -0.2) is 30.6 Å². The van der Waals surface area contributed by atoms with Crippen molar-refractivity contribution in [3.8, 4) is 5.75 Å². The van der Waals surface area contributed by atoms with Crippen molar-refractivity contribution in [2.45, 2.75) is 13.8 Å². The van der Waals surface area contributed by atoms with Crippen LogP contribution >= 0.6 is 11.3 Å². The first-order chi connectivity index (χ1) is 12.0. The van der Waals surface area contributed by atoms with Crippen LogP contribution in [0.2, 0.25) is 0 Å². The summed E-state index contributed by atoms with van der Waals surface area (Å²) in [5.41, 5.74) is 1.46. The SMILES string of the molecule is CCOC(=O)c1csc(NC(=O)c2oc3ccc(OC)cc3c2C)n1. The number of methoxy groups -OCH3 is 1. The number of esters is 1. The third kappa shape index (κ3) is 3.34. The summed E-state index contributed by atoms with van der Waals surface area (Å²) in [4.78, 5) is 28.2. The van der Waals surface area contributed by atoms with Crippen LogP contribution in [-0.2, 0) is 4.74 Å². The van der Waals surface area contributed by atoms with Crippen LogP contribution in [0.5, 0.6) is 5.75 Å². The molecule has 25 heavy (non-hydrogen) atoms. The fourth-order valence-electron chi connectivity index (χ4n) is 2.33. The number of fused-ring (bicyclic) bond motifs is 1. The molecule has 0 radical (unpaired) electrons. The summed E-state index contributed by atoms with van der Waals surface area (Å²) in [6.45, 7) is 3.78. The minimum Gasteiger partial charge on any atom is -0.497 e. The summed E-state index contributed by atoms with van der Waals surface area (Å²) < 4.78 is 15.7. The lowest BCUT2D eigenvalue weighted by atomic mass is 10.1. The van der Waals surface area contributed by atoms with E-state index in [1.165, 1.54) is 5.38 Å². The molecule has 130 valence electrons. The number of rotatable bonds is 5. The highest BCUT2D eigenvalue weighted by Gasteiger charge is 2.20. The van der Waals surface area contributed by atoms with Gasteiger partial charge in [0, 0.05) is 16.3 Å². The Labute approximate surface area is 147 Å². The van der Waals surface area contributed by atoms with Gasteiger partial charge in [-0.2, -0.15) is 0 Å². The number of aromatic nitrogens is 1. The number of aryl methyl sites for hydroxylation is 1. The molecule has 7 nitrogen and oxygen atoms in total. The van der Waals surface area contributed by atoms with Crippen molar-refractivity contribution >= 4 is 39.3 Å². The maximum Gasteiger partial charge on any atom is 0.357 e. The van der Waals surface area contributed by atoms with Gasteiger partial charge < -0.3 is 13.9 Å². The smallest absolute Gasteiger partial charge is 0.357 e. The highest BCUT2D eigenvalue weighted by atomic mass is 32.1. The van der Waals surface area contributed by atoms with Crippen molar-refractivity contribution in [1.82, 2.24) is 4.98 Å². The Morgan fingerprint density at radius 3 is 2.88 bits per heavy atom. The van der Waals surface area contributed by atoms with Gasteiger partial charge in [0.25, 0.3) is 5.91 Å². The standard InChI is InChI=1S/C17H16N2O5S/c1-4-23-16(21)12-8-25-17(18-12)19-15(20)14-9(2)11-7-10(22-3)5-6-13(11)24-14/h5-8H,4H2,1-3H3,(H,18,19,20). The van der Waals surface area contributed by atoms with Crippen molar-refractivity contribution in [2.75, 3.05) is 19.0 Å². The lowest BCUT2D eigenvalue weighted by Crippen LogP contribution is -2.12. The number of carbonyl (C=O) groups excluding carboxylic acids is 2. The Kier molecular flexibility index (Phi) is 4.71. The summed E-state index contributed by atoms with van der Waals surface area (Å²) in [6, 6.07) is 5.33. The summed E-state index contributed by atoms with van der Waals surface area (Å²) >= 11 is 1.14. The molecule has 0 bridgehead atoms. The van der Waals surface area contributed by atoms with Gasteiger partial charge in [-0.25, -0.2) is 9.78 Å². The fraction of sp³-hybridized carbons (Fsp3) is 0.235. The zero-order valence-electron chi connectivity index (χ0n) is 13.9. The number of amides is 1. The Morgan fingerprint density at radius 2 is 2.16 bits per heavy atom. The molecule has 0 saturated heterocycles. The zero-order chi connectivity index (χ0) is 18.0. The van der Waals surface area contributed by atoms with Crippen LogP contribution in [0.15, 0.2) is 28.0 Å². The number of ether oxygens (including phenoxy) is 2. The highest BCUT2D eigenvalue weighted by molar-refractivity contribution is 7.14. The molecule has 1 N–H and O–H groups in total. The summed E-state index contributed by atoms with van der Waals surface area (Å²) in [5, 5.41) is 5.27. The van der Waals surface area contributed by atoms with Gasteiger partial charge in [0.15, 0.2) is 16.6 Å². The topological polar surface area (TPSA) is 90.7 Å². The quantitative estimate of drug-likeness (QED) is 0.699. The van der Waals surface area contributed by atoms with Gasteiger partial charge in [-0.3, -0.25) is 10.1 Å². The fourth-order valence-corrected chi connectivity index (χ4v) is 3.00. The Morgan fingerprint density at radius 1 is 1.36 bits per heavy atom. The van der Waals surface area contributed by atoms with Gasteiger partial charge in [-0.15, -0.1) is 11.3 Å². The summed E-state index contributed by atoms with van der Waals surface area (Å²) in [7, 11) is 1.58. The second-order valence-corrected chi connectivity index (χ2v) is 5.99. The lowest BCUT2D eigenvalue weighted by molar-refractivity contribution is 0.0520. The largest absolute Gasteiger partial charge is 0.497 e. The monoisotopic (exact) mass is 360 g/mol. The van der Waals surface area contributed by atoms with Crippen molar-refractivity contribution in [1.29, 1.82) is 0 Å². The van der Waals surface area contributed by atoms with Crippen LogP contribution in [0, 0.1) is 6.92 Å². The van der Waals surface area contributed by atoms with Gasteiger partial charge in [-0.1, -0.05) is 0 Å².